The van der Waals surface area contributed by atoms with E-state index >= 15 is 0 Å². The zero-order valence-electron chi connectivity index (χ0n) is 17.8. The van der Waals surface area contributed by atoms with Crippen molar-refractivity contribution in [3.63, 3.8) is 0 Å². The third-order valence-corrected chi connectivity index (χ3v) is 5.85. The first-order valence-electron chi connectivity index (χ1n) is 10.6. The lowest BCUT2D eigenvalue weighted by Gasteiger charge is -2.18. The summed E-state index contributed by atoms with van der Waals surface area (Å²) in [4.78, 5) is 28.0. The summed E-state index contributed by atoms with van der Waals surface area (Å²) >= 11 is 0. The molecule has 164 valence electrons. The molecule has 2 amide bonds. The first kappa shape index (κ1) is 21.6. The molecular weight excluding hydrogens is 407 g/mol. The van der Waals surface area contributed by atoms with E-state index in [0.29, 0.717) is 30.0 Å². The van der Waals surface area contributed by atoms with E-state index < -0.39 is 5.92 Å². The molecular formula is C26H25FN2O3. The van der Waals surface area contributed by atoms with E-state index in [9.17, 15) is 14.0 Å². The third-order valence-electron chi connectivity index (χ3n) is 5.85. The van der Waals surface area contributed by atoms with Crippen molar-refractivity contribution in [3.05, 3.63) is 101 Å². The summed E-state index contributed by atoms with van der Waals surface area (Å²) in [6, 6.07) is 22.9. The third kappa shape index (κ3) is 4.80. The van der Waals surface area contributed by atoms with Crippen LogP contribution in [0.4, 0.5) is 4.39 Å². The highest BCUT2D eigenvalue weighted by Crippen LogP contribution is 2.34. The van der Waals surface area contributed by atoms with Crippen LogP contribution < -0.4 is 10.1 Å². The Balaban J connectivity index is 1.56. The van der Waals surface area contributed by atoms with Gasteiger partial charge in [0.2, 0.25) is 5.91 Å². The van der Waals surface area contributed by atoms with Gasteiger partial charge in [0.15, 0.2) is 0 Å². The average molecular weight is 432 g/mol. The van der Waals surface area contributed by atoms with E-state index in [-0.39, 0.29) is 30.1 Å². The number of amides is 2. The monoisotopic (exact) mass is 432 g/mol. The number of benzene rings is 3. The second-order valence-corrected chi connectivity index (χ2v) is 7.91. The number of rotatable bonds is 6. The molecule has 1 aliphatic heterocycles. The highest BCUT2D eigenvalue weighted by atomic mass is 19.1. The smallest absolute Gasteiger partial charge is 0.254 e. The quantitative estimate of drug-likeness (QED) is 0.640. The van der Waals surface area contributed by atoms with E-state index in [1.54, 1.807) is 42.3 Å². The highest BCUT2D eigenvalue weighted by molar-refractivity contribution is 5.95. The molecule has 4 rings (SSSR count). The van der Waals surface area contributed by atoms with Gasteiger partial charge in [0, 0.05) is 31.1 Å². The van der Waals surface area contributed by atoms with Crippen LogP contribution in [-0.2, 0) is 11.3 Å². The maximum Gasteiger partial charge on any atom is 0.254 e. The summed E-state index contributed by atoms with van der Waals surface area (Å²) in [7, 11) is 1.55. The molecule has 1 saturated heterocycles. The van der Waals surface area contributed by atoms with Crippen molar-refractivity contribution in [3.8, 4) is 5.75 Å². The lowest BCUT2D eigenvalue weighted by Crippen LogP contribution is -2.35. The Hall–Kier alpha value is -3.67. The van der Waals surface area contributed by atoms with Crippen molar-refractivity contribution in [2.24, 2.45) is 5.92 Å². The van der Waals surface area contributed by atoms with Gasteiger partial charge in [-0.2, -0.15) is 0 Å². The predicted octanol–water partition coefficient (Wildman–Crippen LogP) is 4.01. The maximum atomic E-state index is 13.9. The Morgan fingerprint density at radius 1 is 1.00 bits per heavy atom. The molecule has 3 aromatic carbocycles. The van der Waals surface area contributed by atoms with Gasteiger partial charge in [-0.05, 0) is 41.5 Å². The Morgan fingerprint density at radius 3 is 2.53 bits per heavy atom. The molecule has 5 nitrogen and oxygen atoms in total. The summed E-state index contributed by atoms with van der Waals surface area (Å²) < 4.78 is 19.2. The van der Waals surface area contributed by atoms with Crippen molar-refractivity contribution in [2.45, 2.75) is 12.5 Å². The molecule has 3 aromatic rings. The Bertz CT molecular complexity index is 1100. The van der Waals surface area contributed by atoms with Gasteiger partial charge in [-0.25, -0.2) is 4.39 Å². The predicted molar refractivity (Wildman–Crippen MR) is 120 cm³/mol. The summed E-state index contributed by atoms with van der Waals surface area (Å²) in [5, 5.41) is 2.98. The van der Waals surface area contributed by atoms with E-state index in [0.717, 1.165) is 5.56 Å². The number of carbonyl (C=O) groups is 2. The van der Waals surface area contributed by atoms with Crippen molar-refractivity contribution < 1.29 is 18.7 Å². The van der Waals surface area contributed by atoms with Gasteiger partial charge in [-0.1, -0.05) is 48.5 Å². The van der Waals surface area contributed by atoms with Crippen LogP contribution in [0.5, 0.6) is 5.75 Å². The van der Waals surface area contributed by atoms with Crippen LogP contribution in [0, 0.1) is 11.7 Å². The lowest BCUT2D eigenvalue weighted by atomic mass is 9.88. The molecule has 0 bridgehead atoms. The molecule has 1 aliphatic rings. The molecule has 2 atom stereocenters. The number of carbonyl (C=O) groups excluding carboxylic acids is 2. The fraction of sp³-hybridized carbons (Fsp3) is 0.231. The standard InChI is InChI=1S/C26H25FN2O3/c1-32-22-12-6-10-20(14-22)26(31)29-16-23(19-9-5-11-21(27)13-19)24(17-29)25(30)28-15-18-7-3-2-4-8-18/h2-14,23-24H,15-17H2,1H3,(H,28,30)/t23-,24-/m0/s1. The van der Waals surface area contributed by atoms with Crippen LogP contribution in [0.1, 0.15) is 27.4 Å². The molecule has 0 unspecified atom stereocenters. The largest absolute Gasteiger partial charge is 0.497 e. The summed E-state index contributed by atoms with van der Waals surface area (Å²) in [5.74, 6) is -0.865. The van der Waals surface area contributed by atoms with Gasteiger partial charge >= 0.3 is 0 Å². The molecule has 32 heavy (non-hydrogen) atoms. The number of nitrogens with one attached hydrogen (secondary N) is 1. The topological polar surface area (TPSA) is 58.6 Å². The SMILES string of the molecule is COc1cccc(C(=O)N2C[C@H](C(=O)NCc3ccccc3)[C@H](c3cccc(F)c3)C2)c1. The van der Waals surface area contributed by atoms with E-state index in [4.69, 9.17) is 4.74 Å². The fourth-order valence-electron chi connectivity index (χ4n) is 4.17. The number of hydrogen-bond acceptors (Lipinski definition) is 3. The van der Waals surface area contributed by atoms with Crippen molar-refractivity contribution >= 4 is 11.8 Å². The highest BCUT2D eigenvalue weighted by Gasteiger charge is 2.40. The number of ether oxygens (including phenoxy) is 1. The number of nitrogens with zero attached hydrogens (tertiary/aromatic N) is 1. The molecule has 1 N–H and O–H groups in total. The van der Waals surface area contributed by atoms with Gasteiger partial charge in [0.25, 0.3) is 5.91 Å². The Kier molecular flexibility index (Phi) is 6.50. The first-order valence-corrected chi connectivity index (χ1v) is 10.6. The molecule has 1 heterocycles. The second-order valence-electron chi connectivity index (χ2n) is 7.91. The molecule has 1 fully saturated rings. The van der Waals surface area contributed by atoms with E-state index in [1.165, 1.54) is 12.1 Å². The van der Waals surface area contributed by atoms with Gasteiger partial charge in [-0.3, -0.25) is 9.59 Å². The van der Waals surface area contributed by atoms with Gasteiger partial charge < -0.3 is 15.0 Å². The Morgan fingerprint density at radius 2 is 1.78 bits per heavy atom. The summed E-state index contributed by atoms with van der Waals surface area (Å²) in [6.45, 7) is 0.997. The minimum absolute atomic E-state index is 0.149. The molecule has 0 radical (unpaired) electrons. The molecule has 0 aromatic heterocycles. The van der Waals surface area contributed by atoms with E-state index in [2.05, 4.69) is 5.32 Å². The lowest BCUT2D eigenvalue weighted by molar-refractivity contribution is -0.125. The molecule has 0 saturated carbocycles. The van der Waals surface area contributed by atoms with Crippen LogP contribution >= 0.6 is 0 Å². The molecule has 0 spiro atoms. The fourth-order valence-corrected chi connectivity index (χ4v) is 4.17. The van der Waals surface area contributed by atoms with Crippen molar-refractivity contribution in [1.82, 2.24) is 10.2 Å². The van der Waals surface area contributed by atoms with Crippen LogP contribution in [0.3, 0.4) is 0 Å². The summed E-state index contributed by atoms with van der Waals surface area (Å²) in [5.41, 5.74) is 2.20. The number of methoxy groups -OCH3 is 1. The van der Waals surface area contributed by atoms with Crippen molar-refractivity contribution in [1.29, 1.82) is 0 Å². The second kappa shape index (κ2) is 9.64. The number of likely N-dealkylation sites (tertiary alicyclic amines) is 1. The number of hydrogen-bond donors (Lipinski definition) is 1. The summed E-state index contributed by atoms with van der Waals surface area (Å²) in [6.07, 6.45) is 0. The number of halogens is 1. The van der Waals surface area contributed by atoms with Crippen molar-refractivity contribution in [2.75, 3.05) is 20.2 Å². The zero-order chi connectivity index (χ0) is 22.5. The minimum atomic E-state index is -0.477. The minimum Gasteiger partial charge on any atom is -0.497 e. The first-order chi connectivity index (χ1) is 15.5. The Labute approximate surface area is 186 Å². The van der Waals surface area contributed by atoms with Gasteiger partial charge in [0.1, 0.15) is 11.6 Å². The van der Waals surface area contributed by atoms with Crippen LogP contribution in [0.15, 0.2) is 78.9 Å². The van der Waals surface area contributed by atoms with Crippen LogP contribution in [0.2, 0.25) is 0 Å². The normalized spacial score (nSPS) is 17.8. The molecule has 6 heteroatoms. The van der Waals surface area contributed by atoms with Gasteiger partial charge in [-0.15, -0.1) is 0 Å². The zero-order valence-corrected chi connectivity index (χ0v) is 17.8. The van der Waals surface area contributed by atoms with Crippen LogP contribution in [-0.4, -0.2) is 36.9 Å². The average Bonchev–Trinajstić information content (AvgIpc) is 3.28. The van der Waals surface area contributed by atoms with Crippen LogP contribution in [0.25, 0.3) is 0 Å². The molecule has 0 aliphatic carbocycles. The van der Waals surface area contributed by atoms with Gasteiger partial charge in [0.05, 0.1) is 13.0 Å². The maximum absolute atomic E-state index is 13.9. The van der Waals surface area contributed by atoms with E-state index in [1.807, 2.05) is 36.4 Å².